The molecule has 4 nitrogen and oxygen atoms in total. The molecular formula is C19H16N4S3. The topological polar surface area (TPSA) is 64.2 Å². The Kier molecular flexibility index (Phi) is 4.92. The fraction of sp³-hybridized carbons (Fsp3) is 0.105. The van der Waals surface area contributed by atoms with Crippen LogP contribution >= 0.6 is 34.0 Å². The van der Waals surface area contributed by atoms with Crippen LogP contribution in [0.2, 0.25) is 0 Å². The molecule has 0 aliphatic heterocycles. The Morgan fingerprint density at radius 1 is 0.962 bits per heavy atom. The van der Waals surface area contributed by atoms with Crippen molar-refractivity contribution in [3.05, 3.63) is 63.0 Å². The van der Waals surface area contributed by atoms with Gasteiger partial charge in [-0.25, -0.2) is 15.0 Å². The van der Waals surface area contributed by atoms with Gasteiger partial charge in [0, 0.05) is 5.56 Å². The maximum Gasteiger partial charge on any atom is 0.172 e. The summed E-state index contributed by atoms with van der Waals surface area (Å²) >= 11 is 4.87. The molecule has 0 spiro atoms. The Hall–Kier alpha value is -2.35. The lowest BCUT2D eigenvalue weighted by Gasteiger charge is -2.11. The van der Waals surface area contributed by atoms with Crippen molar-refractivity contribution < 1.29 is 0 Å². The highest BCUT2D eigenvalue weighted by molar-refractivity contribution is 7.14. The highest BCUT2D eigenvalue weighted by Crippen LogP contribution is 2.35. The first kappa shape index (κ1) is 17.1. The average Bonchev–Trinajstić information content (AvgIpc) is 3.44. The van der Waals surface area contributed by atoms with Gasteiger partial charge < -0.3 is 5.73 Å². The van der Waals surface area contributed by atoms with Crippen molar-refractivity contribution in [3.63, 3.8) is 0 Å². The third-order valence-electron chi connectivity index (χ3n) is 3.83. The third-order valence-corrected chi connectivity index (χ3v) is 6.47. The molecule has 0 aromatic carbocycles. The number of hydrogen-bond donors (Lipinski definition) is 1. The first-order valence-electron chi connectivity index (χ1n) is 8.13. The van der Waals surface area contributed by atoms with Crippen LogP contribution in [0.3, 0.4) is 0 Å². The van der Waals surface area contributed by atoms with E-state index in [1.165, 1.54) is 0 Å². The Morgan fingerprint density at radius 3 is 2.27 bits per heavy atom. The van der Waals surface area contributed by atoms with Crippen molar-refractivity contribution in [2.24, 2.45) is 10.7 Å². The number of amidine groups is 1. The largest absolute Gasteiger partial charge is 0.382 e. The van der Waals surface area contributed by atoms with E-state index in [9.17, 15) is 0 Å². The molecule has 4 aromatic rings. The number of nitrogens with two attached hydrogens (primary N) is 1. The van der Waals surface area contributed by atoms with Crippen molar-refractivity contribution in [1.82, 2.24) is 9.97 Å². The molecule has 0 aliphatic carbocycles. The highest BCUT2D eigenvalue weighted by Gasteiger charge is 2.17. The molecule has 2 N–H and O–H groups in total. The van der Waals surface area contributed by atoms with Gasteiger partial charge in [0.25, 0.3) is 0 Å². The van der Waals surface area contributed by atoms with Crippen LogP contribution in [-0.2, 0) is 6.42 Å². The van der Waals surface area contributed by atoms with Crippen molar-refractivity contribution in [2.45, 2.75) is 13.3 Å². The predicted molar refractivity (Wildman–Crippen MR) is 113 cm³/mol. The summed E-state index contributed by atoms with van der Waals surface area (Å²) < 4.78 is 0. The van der Waals surface area contributed by atoms with E-state index in [2.05, 4.69) is 23.4 Å². The summed E-state index contributed by atoms with van der Waals surface area (Å²) in [5.74, 6) is 1.83. The van der Waals surface area contributed by atoms with Crippen LogP contribution in [0.25, 0.3) is 21.3 Å². The Bertz CT molecular complexity index is 1020. The molecule has 0 bridgehead atoms. The number of nitrogens with zero attached hydrogens (tertiary/aromatic N) is 3. The molecule has 4 aromatic heterocycles. The lowest BCUT2D eigenvalue weighted by Crippen LogP contribution is -2.11. The standard InChI is InChI=1S/C19H16N4S3/c1-2-12-16(13-6-3-9-24-13)21-19(15-8-5-11-26-15)23-18(12)22-17(20)14-7-4-10-25-14/h3-11H,2H2,1H3,(H2,20,21,22,23). The van der Waals surface area contributed by atoms with E-state index in [0.717, 1.165) is 32.3 Å². The average molecular weight is 397 g/mol. The summed E-state index contributed by atoms with van der Waals surface area (Å²) in [5, 5.41) is 6.08. The number of hydrogen-bond acceptors (Lipinski definition) is 6. The minimum atomic E-state index is 0.489. The van der Waals surface area contributed by atoms with Gasteiger partial charge >= 0.3 is 0 Å². The Labute approximate surface area is 163 Å². The van der Waals surface area contributed by atoms with Gasteiger partial charge in [0.1, 0.15) is 5.84 Å². The van der Waals surface area contributed by atoms with E-state index >= 15 is 0 Å². The van der Waals surface area contributed by atoms with Crippen molar-refractivity contribution in [1.29, 1.82) is 0 Å². The molecule has 0 fully saturated rings. The Morgan fingerprint density at radius 2 is 1.65 bits per heavy atom. The first-order chi connectivity index (χ1) is 12.8. The fourth-order valence-corrected chi connectivity index (χ4v) is 4.64. The second kappa shape index (κ2) is 7.49. The van der Waals surface area contributed by atoms with Gasteiger partial charge in [0.2, 0.25) is 0 Å². The van der Waals surface area contributed by atoms with E-state index in [1.54, 1.807) is 34.0 Å². The summed E-state index contributed by atoms with van der Waals surface area (Å²) in [5.41, 5.74) is 8.20. The monoisotopic (exact) mass is 396 g/mol. The zero-order chi connectivity index (χ0) is 17.9. The maximum absolute atomic E-state index is 6.24. The fourth-order valence-electron chi connectivity index (χ4n) is 2.62. The van der Waals surface area contributed by atoms with Crippen LogP contribution in [0.15, 0.2) is 57.5 Å². The minimum Gasteiger partial charge on any atom is -0.382 e. The molecular weight excluding hydrogens is 380 g/mol. The second-order valence-corrected chi connectivity index (χ2v) is 8.32. The van der Waals surface area contributed by atoms with Gasteiger partial charge in [-0.2, -0.15) is 0 Å². The minimum absolute atomic E-state index is 0.489. The van der Waals surface area contributed by atoms with Crippen LogP contribution < -0.4 is 5.73 Å². The molecule has 0 saturated heterocycles. The second-order valence-electron chi connectivity index (χ2n) is 5.48. The molecule has 130 valence electrons. The zero-order valence-electron chi connectivity index (χ0n) is 14.0. The Balaban J connectivity index is 1.93. The lowest BCUT2D eigenvalue weighted by molar-refractivity contribution is 1.05. The molecule has 0 aliphatic rings. The number of rotatable bonds is 5. The molecule has 0 radical (unpaired) electrons. The molecule has 0 amide bonds. The number of thiophene rings is 3. The van der Waals surface area contributed by atoms with Crippen LogP contribution in [0, 0.1) is 0 Å². The molecule has 0 unspecified atom stereocenters. The van der Waals surface area contributed by atoms with E-state index < -0.39 is 0 Å². The summed E-state index contributed by atoms with van der Waals surface area (Å²) in [6.45, 7) is 2.10. The molecule has 0 atom stereocenters. The van der Waals surface area contributed by atoms with Crippen molar-refractivity contribution in [3.8, 4) is 21.3 Å². The van der Waals surface area contributed by atoms with Gasteiger partial charge in [-0.3, -0.25) is 0 Å². The summed E-state index contributed by atoms with van der Waals surface area (Å²) in [4.78, 5) is 17.4. The quantitative estimate of drug-likeness (QED) is 0.353. The van der Waals surface area contributed by atoms with Gasteiger partial charge in [0.15, 0.2) is 11.6 Å². The lowest BCUT2D eigenvalue weighted by atomic mass is 10.1. The van der Waals surface area contributed by atoms with Gasteiger partial charge in [-0.05, 0) is 40.8 Å². The summed E-state index contributed by atoms with van der Waals surface area (Å²) in [6.07, 6.45) is 0.786. The van der Waals surface area contributed by atoms with E-state index in [4.69, 9.17) is 15.7 Å². The van der Waals surface area contributed by atoms with Crippen LogP contribution in [0.1, 0.15) is 17.4 Å². The highest BCUT2D eigenvalue weighted by atomic mass is 32.1. The third kappa shape index (κ3) is 3.33. The SMILES string of the molecule is CCc1c(N=C(N)c2cccs2)nc(-c2cccs2)nc1-c1cccs1. The van der Waals surface area contributed by atoms with Crippen molar-refractivity contribution in [2.75, 3.05) is 0 Å². The van der Waals surface area contributed by atoms with Crippen LogP contribution in [-0.4, -0.2) is 15.8 Å². The smallest absolute Gasteiger partial charge is 0.172 e. The number of aliphatic imine (C=N–C) groups is 1. The van der Waals surface area contributed by atoms with E-state index in [1.807, 2.05) is 41.1 Å². The molecule has 4 rings (SSSR count). The van der Waals surface area contributed by atoms with E-state index in [-0.39, 0.29) is 0 Å². The molecule has 26 heavy (non-hydrogen) atoms. The maximum atomic E-state index is 6.24. The van der Waals surface area contributed by atoms with Crippen LogP contribution in [0.5, 0.6) is 0 Å². The normalized spacial score (nSPS) is 11.8. The van der Waals surface area contributed by atoms with Gasteiger partial charge in [-0.15, -0.1) is 34.0 Å². The van der Waals surface area contributed by atoms with E-state index in [0.29, 0.717) is 17.5 Å². The van der Waals surface area contributed by atoms with Gasteiger partial charge in [0.05, 0.1) is 20.3 Å². The predicted octanol–water partition coefficient (Wildman–Crippen LogP) is 5.59. The first-order valence-corrected chi connectivity index (χ1v) is 10.8. The number of aromatic nitrogens is 2. The molecule has 0 saturated carbocycles. The van der Waals surface area contributed by atoms with Crippen LogP contribution in [0.4, 0.5) is 5.82 Å². The molecule has 4 heterocycles. The van der Waals surface area contributed by atoms with Gasteiger partial charge in [-0.1, -0.05) is 25.1 Å². The summed E-state index contributed by atoms with van der Waals surface area (Å²) in [7, 11) is 0. The van der Waals surface area contributed by atoms with Crippen molar-refractivity contribution >= 4 is 45.7 Å². The molecule has 7 heteroatoms. The zero-order valence-corrected chi connectivity index (χ0v) is 16.5. The summed E-state index contributed by atoms with van der Waals surface area (Å²) in [6, 6.07) is 12.1.